The number of primary sulfonamides is 1. The van der Waals surface area contributed by atoms with E-state index < -0.39 is 10.0 Å². The minimum atomic E-state index is -3.66. The van der Waals surface area contributed by atoms with Crippen molar-refractivity contribution in [3.63, 3.8) is 0 Å². The molecule has 0 atom stereocenters. The zero-order valence-corrected chi connectivity index (χ0v) is 13.4. The molecule has 0 aliphatic rings. The first kappa shape index (κ1) is 15.5. The molecule has 3 N–H and O–H groups in total. The van der Waals surface area contributed by atoms with Crippen molar-refractivity contribution in [2.75, 3.05) is 5.32 Å². The van der Waals surface area contributed by atoms with Crippen LogP contribution >= 0.6 is 0 Å². The Kier molecular flexibility index (Phi) is 4.06. The summed E-state index contributed by atoms with van der Waals surface area (Å²) >= 11 is 0. The maximum Gasteiger partial charge on any atom is 0.238 e. The number of nitrogens with one attached hydrogen (secondary N) is 1. The largest absolute Gasteiger partial charge is 0.363 e. The predicted molar refractivity (Wildman–Crippen MR) is 90.8 cm³/mol. The molecule has 0 saturated heterocycles. The van der Waals surface area contributed by atoms with Gasteiger partial charge in [-0.1, -0.05) is 19.0 Å². The van der Waals surface area contributed by atoms with Crippen LogP contribution < -0.4 is 16.0 Å². The molecule has 0 radical (unpaired) electrons. The number of imidazole rings is 1. The van der Waals surface area contributed by atoms with Gasteiger partial charge in [0.15, 0.2) is 18.7 Å². The third-order valence-corrected chi connectivity index (χ3v) is 4.51. The molecule has 0 spiro atoms. The van der Waals surface area contributed by atoms with Crippen LogP contribution in [-0.2, 0) is 16.6 Å². The highest BCUT2D eigenvalue weighted by Gasteiger charge is 2.09. The monoisotopic (exact) mass is 329 g/mol. The third-order valence-electron chi connectivity index (χ3n) is 3.58. The van der Waals surface area contributed by atoms with Crippen molar-refractivity contribution in [2.45, 2.75) is 18.3 Å². The Morgan fingerprint density at radius 2 is 2.00 bits per heavy atom. The Morgan fingerprint density at radius 3 is 2.65 bits per heavy atom. The SMILES string of the molecule is CBc1cnc2c(NCc3ccc(S(N)(=O)=O)cc3)nccn12. The summed E-state index contributed by atoms with van der Waals surface area (Å²) in [5.41, 5.74) is 2.80. The Balaban J connectivity index is 1.80. The number of aromatic nitrogens is 3. The van der Waals surface area contributed by atoms with Crippen molar-refractivity contribution in [1.82, 2.24) is 14.4 Å². The minimum Gasteiger partial charge on any atom is -0.363 e. The summed E-state index contributed by atoms with van der Waals surface area (Å²) in [6.07, 6.45) is 5.44. The van der Waals surface area contributed by atoms with Crippen molar-refractivity contribution >= 4 is 34.4 Å². The van der Waals surface area contributed by atoms with E-state index in [-0.39, 0.29) is 4.90 Å². The van der Waals surface area contributed by atoms with E-state index in [1.54, 1.807) is 18.3 Å². The molecule has 0 fully saturated rings. The van der Waals surface area contributed by atoms with Crippen LogP contribution in [0.1, 0.15) is 5.56 Å². The van der Waals surface area contributed by atoms with Crippen LogP contribution in [0.15, 0.2) is 47.8 Å². The number of nitrogens with zero attached hydrogens (tertiary/aromatic N) is 3. The topological polar surface area (TPSA) is 102 Å². The molecular weight excluding hydrogens is 313 g/mol. The number of anilines is 1. The number of hydrogen-bond acceptors (Lipinski definition) is 5. The Bertz CT molecular complexity index is 937. The Labute approximate surface area is 134 Å². The van der Waals surface area contributed by atoms with E-state index >= 15 is 0 Å². The summed E-state index contributed by atoms with van der Waals surface area (Å²) in [6.45, 7) is 2.58. The standard InChI is InChI=1S/C14H16BN5O2S/c1-15-12-9-19-14-13(17-6-7-20(12)14)18-8-10-2-4-11(5-3-10)23(16,21)22/h2-7,9,15H,8H2,1H3,(H,17,18)(H2,16,21,22). The molecule has 0 bridgehead atoms. The molecule has 2 aromatic heterocycles. The first-order valence-corrected chi connectivity index (χ1v) is 8.70. The van der Waals surface area contributed by atoms with Gasteiger partial charge in [0.2, 0.25) is 10.0 Å². The van der Waals surface area contributed by atoms with E-state index in [1.807, 2.05) is 16.8 Å². The first-order chi connectivity index (χ1) is 11.0. The number of hydrogen-bond donors (Lipinski definition) is 2. The van der Waals surface area contributed by atoms with Crippen LogP contribution in [0, 0.1) is 0 Å². The molecule has 3 aromatic rings. The van der Waals surface area contributed by atoms with Gasteiger partial charge in [-0.3, -0.25) is 0 Å². The fraction of sp³-hybridized carbons (Fsp3) is 0.143. The molecule has 0 unspecified atom stereocenters. The summed E-state index contributed by atoms with van der Waals surface area (Å²) in [7, 11) is -2.77. The Hall–Kier alpha value is -2.39. The Morgan fingerprint density at radius 1 is 1.26 bits per heavy atom. The van der Waals surface area contributed by atoms with E-state index in [4.69, 9.17) is 5.14 Å². The second-order valence-electron chi connectivity index (χ2n) is 5.12. The molecule has 2 heterocycles. The summed E-state index contributed by atoms with van der Waals surface area (Å²) in [4.78, 5) is 8.81. The highest BCUT2D eigenvalue weighted by molar-refractivity contribution is 7.89. The second-order valence-corrected chi connectivity index (χ2v) is 6.68. The number of sulfonamides is 1. The van der Waals surface area contributed by atoms with E-state index in [0.29, 0.717) is 12.4 Å². The van der Waals surface area contributed by atoms with Gasteiger partial charge in [-0.05, 0) is 17.7 Å². The maximum absolute atomic E-state index is 11.2. The quantitative estimate of drug-likeness (QED) is 0.646. The predicted octanol–water partition coefficient (Wildman–Crippen LogP) is 0.0987. The molecule has 1 aromatic carbocycles. The molecule has 0 aliphatic carbocycles. The van der Waals surface area contributed by atoms with Gasteiger partial charge >= 0.3 is 0 Å². The number of rotatable bonds is 5. The van der Waals surface area contributed by atoms with Crippen LogP contribution in [0.25, 0.3) is 5.65 Å². The van der Waals surface area contributed by atoms with Crippen LogP contribution in [0.3, 0.4) is 0 Å². The molecule has 0 saturated carbocycles. The second kappa shape index (κ2) is 6.02. The fourth-order valence-corrected chi connectivity index (χ4v) is 2.85. The van der Waals surface area contributed by atoms with E-state index in [0.717, 1.165) is 24.1 Å². The molecule has 9 heteroatoms. The summed E-state index contributed by atoms with van der Waals surface area (Å²) < 4.78 is 24.5. The van der Waals surface area contributed by atoms with Gasteiger partial charge < -0.3 is 9.72 Å². The zero-order valence-electron chi connectivity index (χ0n) is 12.6. The summed E-state index contributed by atoms with van der Waals surface area (Å²) in [6, 6.07) is 6.42. The lowest BCUT2D eigenvalue weighted by Gasteiger charge is -2.08. The average molecular weight is 329 g/mol. The van der Waals surface area contributed by atoms with Gasteiger partial charge in [0, 0.05) is 30.7 Å². The minimum absolute atomic E-state index is 0.0994. The van der Waals surface area contributed by atoms with Crippen LogP contribution in [0.4, 0.5) is 5.82 Å². The maximum atomic E-state index is 11.2. The van der Waals surface area contributed by atoms with Crippen molar-refractivity contribution in [2.24, 2.45) is 5.14 Å². The van der Waals surface area contributed by atoms with Gasteiger partial charge in [0.1, 0.15) is 0 Å². The van der Waals surface area contributed by atoms with Gasteiger partial charge in [0.05, 0.1) is 4.90 Å². The van der Waals surface area contributed by atoms with Gasteiger partial charge in [-0.25, -0.2) is 23.5 Å². The van der Waals surface area contributed by atoms with E-state index in [1.165, 1.54) is 12.1 Å². The van der Waals surface area contributed by atoms with Crippen molar-refractivity contribution in [3.8, 4) is 0 Å². The molecule has 3 rings (SSSR count). The number of fused-ring (bicyclic) bond motifs is 1. The van der Waals surface area contributed by atoms with Gasteiger partial charge in [-0.15, -0.1) is 0 Å². The summed E-state index contributed by atoms with van der Waals surface area (Å²) in [5, 5.41) is 8.31. The lowest BCUT2D eigenvalue weighted by molar-refractivity contribution is 0.598. The molecule has 7 nitrogen and oxygen atoms in total. The highest BCUT2D eigenvalue weighted by atomic mass is 32.2. The lowest BCUT2D eigenvalue weighted by Crippen LogP contribution is -2.16. The average Bonchev–Trinajstić information content (AvgIpc) is 2.96. The smallest absolute Gasteiger partial charge is 0.238 e. The third kappa shape index (κ3) is 3.20. The van der Waals surface area contributed by atoms with Crippen molar-refractivity contribution < 1.29 is 8.42 Å². The molecule has 0 amide bonds. The van der Waals surface area contributed by atoms with Gasteiger partial charge in [0.25, 0.3) is 0 Å². The molecule has 23 heavy (non-hydrogen) atoms. The molecule has 0 aliphatic heterocycles. The van der Waals surface area contributed by atoms with Crippen LogP contribution in [-0.4, -0.2) is 30.1 Å². The fourth-order valence-electron chi connectivity index (χ4n) is 2.34. The molecule has 118 valence electrons. The normalized spacial score (nSPS) is 11.6. The zero-order chi connectivity index (χ0) is 16.4. The van der Waals surface area contributed by atoms with E-state index in [9.17, 15) is 8.42 Å². The first-order valence-electron chi connectivity index (χ1n) is 7.15. The van der Waals surface area contributed by atoms with Crippen molar-refractivity contribution in [3.05, 3.63) is 48.4 Å². The van der Waals surface area contributed by atoms with Crippen molar-refractivity contribution in [1.29, 1.82) is 0 Å². The number of nitrogens with two attached hydrogens (primary N) is 1. The van der Waals surface area contributed by atoms with E-state index in [2.05, 4.69) is 22.1 Å². The molecular formula is C14H16BN5O2S. The van der Waals surface area contributed by atoms with Crippen LogP contribution in [0.5, 0.6) is 0 Å². The van der Waals surface area contributed by atoms with Crippen LogP contribution in [0.2, 0.25) is 6.82 Å². The lowest BCUT2D eigenvalue weighted by atomic mass is 9.78. The van der Waals surface area contributed by atoms with Gasteiger partial charge in [-0.2, -0.15) is 0 Å². The summed E-state index contributed by atoms with van der Waals surface area (Å²) in [5.74, 6) is 0.683. The highest BCUT2D eigenvalue weighted by Crippen LogP contribution is 2.13. The number of benzene rings is 1.